The van der Waals surface area contributed by atoms with Crippen molar-refractivity contribution in [3.8, 4) is 0 Å². The molecule has 5 aliphatic carbocycles. The fourth-order valence-corrected chi connectivity index (χ4v) is 9.95. The number of allylic oxidation sites excluding steroid dienone is 2. The highest BCUT2D eigenvalue weighted by Crippen LogP contribution is 2.75. The highest BCUT2D eigenvalue weighted by molar-refractivity contribution is 6.28. The van der Waals surface area contributed by atoms with Crippen LogP contribution in [0.4, 0.5) is 0 Å². The second-order valence-electron chi connectivity index (χ2n) is 12.2. The van der Waals surface area contributed by atoms with Crippen LogP contribution < -0.4 is 0 Å². The molecule has 6 nitrogen and oxygen atoms in total. The number of aliphatic hydroxyl groups is 2. The summed E-state index contributed by atoms with van der Waals surface area (Å²) in [5.74, 6) is -1.66. The number of hydrogen-bond acceptors (Lipinski definition) is 6. The molecule has 2 N–H and O–H groups in total. The van der Waals surface area contributed by atoms with E-state index in [9.17, 15) is 24.6 Å². The summed E-state index contributed by atoms with van der Waals surface area (Å²) in [5.41, 5.74) is -3.26. The van der Waals surface area contributed by atoms with Crippen LogP contribution in [0.2, 0.25) is 0 Å². The second kappa shape index (κ2) is 6.56. The van der Waals surface area contributed by atoms with Gasteiger partial charge < -0.3 is 14.9 Å². The summed E-state index contributed by atoms with van der Waals surface area (Å²) in [5, 5.41) is 24.3. The van der Waals surface area contributed by atoms with Gasteiger partial charge in [0.15, 0.2) is 5.78 Å². The molecule has 9 atom stereocenters. The summed E-state index contributed by atoms with van der Waals surface area (Å²) in [6, 6.07) is 0. The molecule has 35 heavy (non-hydrogen) atoms. The van der Waals surface area contributed by atoms with E-state index in [1.165, 1.54) is 0 Å². The zero-order chi connectivity index (χ0) is 25.5. The van der Waals surface area contributed by atoms with Crippen molar-refractivity contribution in [1.29, 1.82) is 0 Å². The monoisotopic (exact) mass is 500 g/mol. The molecule has 9 unspecified atom stereocenters. The second-order valence-corrected chi connectivity index (χ2v) is 12.9. The van der Waals surface area contributed by atoms with E-state index in [1.54, 1.807) is 32.9 Å². The summed E-state index contributed by atoms with van der Waals surface area (Å²) in [4.78, 5) is 39.3. The molecule has 6 aliphatic rings. The summed E-state index contributed by atoms with van der Waals surface area (Å²) in [6.45, 7) is 8.95. The van der Waals surface area contributed by atoms with Gasteiger partial charge in [-0.3, -0.25) is 9.59 Å². The lowest BCUT2D eigenvalue weighted by Gasteiger charge is -2.68. The van der Waals surface area contributed by atoms with Gasteiger partial charge in [-0.1, -0.05) is 25.5 Å². The van der Waals surface area contributed by atoms with Crippen molar-refractivity contribution in [3.63, 3.8) is 0 Å². The van der Waals surface area contributed by atoms with E-state index in [0.29, 0.717) is 36.0 Å². The molecule has 1 aliphatic heterocycles. The Labute approximate surface area is 210 Å². The highest BCUT2D eigenvalue weighted by Gasteiger charge is 2.81. The highest BCUT2D eigenvalue weighted by atomic mass is 35.5. The largest absolute Gasteiger partial charge is 0.439 e. The van der Waals surface area contributed by atoms with Crippen LogP contribution >= 0.6 is 11.6 Å². The Morgan fingerprint density at radius 2 is 1.74 bits per heavy atom. The first-order chi connectivity index (χ1) is 16.2. The molecular formula is C28H33ClO6. The molecule has 0 amide bonds. The smallest absolute Gasteiger partial charge is 0.335 e. The van der Waals surface area contributed by atoms with E-state index in [2.05, 4.69) is 0 Å². The van der Waals surface area contributed by atoms with Gasteiger partial charge in [0.2, 0.25) is 11.4 Å². The lowest BCUT2D eigenvalue weighted by molar-refractivity contribution is -0.255. The Kier molecular flexibility index (Phi) is 4.43. The minimum Gasteiger partial charge on any atom is -0.439 e. The number of carbonyl (C=O) groups is 3. The van der Waals surface area contributed by atoms with E-state index < -0.39 is 44.9 Å². The van der Waals surface area contributed by atoms with Crippen LogP contribution in [0.3, 0.4) is 0 Å². The zero-order valence-electron chi connectivity index (χ0n) is 20.9. The molecule has 0 aromatic heterocycles. The molecule has 0 aromatic rings. The molecule has 0 aromatic carbocycles. The number of alkyl halides is 1. The summed E-state index contributed by atoms with van der Waals surface area (Å²) < 4.78 is 5.95. The van der Waals surface area contributed by atoms with Gasteiger partial charge in [0.25, 0.3) is 0 Å². The van der Waals surface area contributed by atoms with Crippen LogP contribution in [0, 0.1) is 28.6 Å². The summed E-state index contributed by atoms with van der Waals surface area (Å²) in [6.07, 6.45) is 4.65. The number of Topliss-reactive ketones (excluding diaryl/α,β-unsaturated/α-hetero) is 1. The van der Waals surface area contributed by atoms with Gasteiger partial charge in [0.1, 0.15) is 5.60 Å². The van der Waals surface area contributed by atoms with Gasteiger partial charge in [-0.25, -0.2) is 4.79 Å². The maximum absolute atomic E-state index is 14.1. The number of halogens is 1. The predicted octanol–water partition coefficient (Wildman–Crippen LogP) is 3.58. The molecule has 188 valence electrons. The molecule has 7 heteroatoms. The van der Waals surface area contributed by atoms with Crippen LogP contribution in [0.15, 0.2) is 34.4 Å². The topological polar surface area (TPSA) is 101 Å². The molecule has 1 heterocycles. The third kappa shape index (κ3) is 2.14. The Hall–Kier alpha value is -1.76. The molecule has 6 rings (SSSR count). The fraction of sp³-hybridized carbons (Fsp3) is 0.679. The number of aliphatic hydroxyl groups excluding tert-OH is 1. The number of hydrogen-bond donors (Lipinski definition) is 2. The predicted molar refractivity (Wildman–Crippen MR) is 128 cm³/mol. The molecule has 3 fully saturated rings. The lowest BCUT2D eigenvalue weighted by Crippen LogP contribution is -2.77. The Balaban J connectivity index is 1.64. The zero-order valence-corrected chi connectivity index (χ0v) is 21.7. The average molecular weight is 501 g/mol. The maximum atomic E-state index is 14.1. The molecule has 0 bridgehead atoms. The van der Waals surface area contributed by atoms with E-state index in [4.69, 9.17) is 16.3 Å². The van der Waals surface area contributed by atoms with Crippen molar-refractivity contribution in [2.24, 2.45) is 28.6 Å². The average Bonchev–Trinajstić information content (AvgIpc) is 3.28. The SMILES string of the molecule is CC1=C(C)C2(OC1=O)C(=O)C(C)=C1CCC3C4CC(O)C5(Cl)CC=CC(=O)C5(C)C4CC2(O)C13C. The van der Waals surface area contributed by atoms with Crippen molar-refractivity contribution >= 4 is 29.1 Å². The van der Waals surface area contributed by atoms with Crippen LogP contribution in [0.1, 0.15) is 66.7 Å². The number of carbonyl (C=O) groups excluding carboxylic acids is 3. The molecule has 0 saturated heterocycles. The Morgan fingerprint density at radius 3 is 2.37 bits per heavy atom. The van der Waals surface area contributed by atoms with Gasteiger partial charge in [-0.05, 0) is 87.9 Å². The van der Waals surface area contributed by atoms with Gasteiger partial charge in [0.05, 0.1) is 16.4 Å². The minimum absolute atomic E-state index is 0.0689. The number of ketones is 2. The Morgan fingerprint density at radius 1 is 1.06 bits per heavy atom. The number of fused-ring (bicyclic) bond motifs is 5. The first kappa shape index (κ1) is 23.6. The third-order valence-corrected chi connectivity index (χ3v) is 12.4. The quantitative estimate of drug-likeness (QED) is 0.389. The Bertz CT molecular complexity index is 1210. The van der Waals surface area contributed by atoms with Crippen LogP contribution in [0.5, 0.6) is 0 Å². The van der Waals surface area contributed by atoms with Crippen LogP contribution in [-0.2, 0) is 19.1 Å². The first-order valence-electron chi connectivity index (χ1n) is 12.7. The number of esters is 1. The molecular weight excluding hydrogens is 468 g/mol. The van der Waals surface area contributed by atoms with Crippen molar-refractivity contribution in [2.75, 3.05) is 0 Å². The van der Waals surface area contributed by atoms with Crippen LogP contribution in [0.25, 0.3) is 0 Å². The van der Waals surface area contributed by atoms with E-state index in [1.807, 2.05) is 13.8 Å². The van der Waals surface area contributed by atoms with Crippen LogP contribution in [-0.4, -0.2) is 49.9 Å². The van der Waals surface area contributed by atoms with Gasteiger partial charge in [-0.2, -0.15) is 0 Å². The van der Waals surface area contributed by atoms with Gasteiger partial charge in [-0.15, -0.1) is 11.6 Å². The van der Waals surface area contributed by atoms with E-state index in [0.717, 1.165) is 12.0 Å². The summed E-state index contributed by atoms with van der Waals surface area (Å²) >= 11 is 7.14. The summed E-state index contributed by atoms with van der Waals surface area (Å²) in [7, 11) is 0. The van der Waals surface area contributed by atoms with E-state index >= 15 is 0 Å². The van der Waals surface area contributed by atoms with Crippen molar-refractivity contribution in [2.45, 2.75) is 88.9 Å². The fourth-order valence-electron chi connectivity index (χ4n) is 9.53. The molecule has 0 radical (unpaired) electrons. The van der Waals surface area contributed by atoms with Gasteiger partial charge in [0, 0.05) is 11.0 Å². The molecule has 3 saturated carbocycles. The van der Waals surface area contributed by atoms with E-state index in [-0.39, 0.29) is 29.8 Å². The maximum Gasteiger partial charge on any atom is 0.335 e. The van der Waals surface area contributed by atoms with Gasteiger partial charge >= 0.3 is 5.97 Å². The lowest BCUT2D eigenvalue weighted by atomic mass is 9.38. The number of rotatable bonds is 0. The standard InChI is InChI=1S/C28H33ClO6/c1-13-15(3)28(35-23(13)33)22(32)14(2)17-8-9-18-16-11-21(31)26(29)10-6-7-20(30)25(26,5)19(16)12-27(28,34)24(17,18)4/h6-7,16,18-19,21,31,34H,8-12H2,1-5H3. The third-order valence-electron chi connectivity index (χ3n) is 11.6. The number of ether oxygens (including phenoxy) is 1. The van der Waals surface area contributed by atoms with Crippen molar-refractivity contribution in [1.82, 2.24) is 0 Å². The normalized spacial score (nSPS) is 52.6. The first-order valence-corrected chi connectivity index (χ1v) is 13.1. The van der Waals surface area contributed by atoms with Crippen molar-refractivity contribution in [3.05, 3.63) is 34.4 Å². The van der Waals surface area contributed by atoms with Crippen molar-refractivity contribution < 1.29 is 29.3 Å². The minimum atomic E-state index is -1.82. The molecule has 1 spiro atoms.